The first-order chi connectivity index (χ1) is 14.3. The van der Waals surface area contributed by atoms with E-state index in [-0.39, 0.29) is 33.0 Å². The van der Waals surface area contributed by atoms with E-state index in [2.05, 4.69) is 10.4 Å². The van der Waals surface area contributed by atoms with Crippen LogP contribution in [-0.2, 0) is 12.7 Å². The van der Waals surface area contributed by atoms with Gasteiger partial charge >= 0.3 is 10.1 Å². The molecule has 0 saturated carbocycles. The van der Waals surface area contributed by atoms with Crippen LogP contribution in [0.5, 0.6) is 0 Å². The summed E-state index contributed by atoms with van der Waals surface area (Å²) in [7, 11) is 0. The molecule has 166 valence electrons. The molecule has 0 saturated heterocycles. The summed E-state index contributed by atoms with van der Waals surface area (Å²) in [5.74, 6) is 0.173. The van der Waals surface area contributed by atoms with Gasteiger partial charge in [0.05, 0.1) is 26.7 Å². The van der Waals surface area contributed by atoms with Crippen LogP contribution in [0.2, 0.25) is 15.1 Å². The molecule has 0 spiro atoms. The van der Waals surface area contributed by atoms with Crippen LogP contribution < -0.4 is 5.32 Å². The highest BCUT2D eigenvalue weighted by Gasteiger charge is 2.33. The van der Waals surface area contributed by atoms with E-state index in [0.29, 0.717) is 16.8 Å². The molecule has 3 nitrogen and oxygen atoms in total. The molecule has 1 heterocycles. The number of halogens is 9. The van der Waals surface area contributed by atoms with Crippen LogP contribution in [0.25, 0.3) is 5.69 Å². The van der Waals surface area contributed by atoms with E-state index in [4.69, 9.17) is 58.0 Å². The standard InChI is InChI=1S/C18H10Cl5F4N3S/c19-11-3-1-9(2-4-11)7-28-16-14(31-18(22,23)27)8-29-30(16)15-12(20)5-10(6-13(15)21)17(24,25)26/h1-6,8,28H,7H2. The third-order valence-corrected chi connectivity index (χ3v) is 5.93. The van der Waals surface area contributed by atoms with E-state index in [0.717, 1.165) is 22.4 Å². The molecule has 0 amide bonds. The van der Waals surface area contributed by atoms with Crippen molar-refractivity contribution in [1.82, 2.24) is 9.78 Å². The highest BCUT2D eigenvalue weighted by Crippen LogP contribution is 2.46. The number of aromatic nitrogens is 2. The van der Waals surface area contributed by atoms with Crippen molar-refractivity contribution in [3.05, 3.63) is 68.8 Å². The molecule has 1 N–H and O–H groups in total. The highest BCUT2D eigenvalue weighted by atomic mass is 35.5. The third kappa shape index (κ3) is 6.27. The number of hydrogen-bond acceptors (Lipinski definition) is 3. The van der Waals surface area contributed by atoms with Gasteiger partial charge in [0.15, 0.2) is 0 Å². The van der Waals surface area contributed by atoms with Crippen molar-refractivity contribution in [1.29, 1.82) is 0 Å². The fourth-order valence-corrected chi connectivity index (χ4v) is 4.46. The SMILES string of the molecule is FC(Cl)(Cl)Sc1cnn(-c2c(Cl)cc(C(F)(F)F)cc2Cl)c1NCc1ccc(Cl)cc1. The smallest absolute Gasteiger partial charge is 0.365 e. The monoisotopic (exact) mass is 551 g/mol. The molecule has 0 unspecified atom stereocenters. The molecule has 31 heavy (non-hydrogen) atoms. The van der Waals surface area contributed by atoms with E-state index in [1.807, 2.05) is 0 Å². The molecule has 3 rings (SSSR count). The van der Waals surface area contributed by atoms with Crippen molar-refractivity contribution in [3.8, 4) is 5.69 Å². The normalized spacial score (nSPS) is 12.3. The molecular formula is C18H10Cl5F4N3S. The molecule has 3 aromatic rings. The summed E-state index contributed by atoms with van der Waals surface area (Å²) in [6.07, 6.45) is -3.41. The molecule has 1 aromatic heterocycles. The maximum atomic E-state index is 13.9. The quantitative estimate of drug-likeness (QED) is 0.188. The largest absolute Gasteiger partial charge is 0.416 e. The van der Waals surface area contributed by atoms with Crippen LogP contribution in [0.3, 0.4) is 0 Å². The molecule has 0 aliphatic rings. The molecule has 13 heteroatoms. The molecule has 0 bridgehead atoms. The van der Waals surface area contributed by atoms with Gasteiger partial charge in [0, 0.05) is 11.6 Å². The second kappa shape index (κ2) is 9.45. The van der Waals surface area contributed by atoms with Gasteiger partial charge in [-0.05, 0) is 41.6 Å². The number of hydrogen-bond donors (Lipinski definition) is 1. The second-order valence-corrected chi connectivity index (χ2v) is 10.2. The van der Waals surface area contributed by atoms with Crippen LogP contribution in [0, 0.1) is 0 Å². The van der Waals surface area contributed by atoms with Gasteiger partial charge in [-0.25, -0.2) is 4.68 Å². The third-order valence-electron chi connectivity index (χ3n) is 3.89. The minimum absolute atomic E-state index is 0.0320. The highest BCUT2D eigenvalue weighted by molar-refractivity contribution is 8.03. The molecule has 0 atom stereocenters. The number of anilines is 1. The van der Waals surface area contributed by atoms with Gasteiger partial charge in [0.25, 0.3) is 0 Å². The zero-order valence-corrected chi connectivity index (χ0v) is 19.5. The number of thioether (sulfide) groups is 1. The minimum Gasteiger partial charge on any atom is -0.365 e. The Labute approximate surface area is 203 Å². The number of alkyl halides is 6. The fourth-order valence-electron chi connectivity index (χ4n) is 2.58. The summed E-state index contributed by atoms with van der Waals surface area (Å²) in [6, 6.07) is 8.32. The summed E-state index contributed by atoms with van der Waals surface area (Å²) in [6.45, 7) is 0.232. The average molecular weight is 554 g/mol. The van der Waals surface area contributed by atoms with E-state index in [1.54, 1.807) is 24.3 Å². The summed E-state index contributed by atoms with van der Waals surface area (Å²) in [5, 5.41) is 7.05. The van der Waals surface area contributed by atoms with E-state index in [9.17, 15) is 17.6 Å². The summed E-state index contributed by atoms with van der Waals surface area (Å²) in [4.78, 5) is 0.175. The van der Waals surface area contributed by atoms with Crippen LogP contribution in [-0.4, -0.2) is 13.7 Å². The Bertz CT molecular complexity index is 1060. The Balaban J connectivity index is 2.05. The molecular weight excluding hydrogens is 544 g/mol. The lowest BCUT2D eigenvalue weighted by Gasteiger charge is -2.17. The lowest BCUT2D eigenvalue weighted by Crippen LogP contribution is -2.10. The van der Waals surface area contributed by atoms with Crippen molar-refractivity contribution < 1.29 is 17.6 Å². The number of nitrogens with one attached hydrogen (secondary N) is 1. The summed E-state index contributed by atoms with van der Waals surface area (Å²) in [5.41, 5.74) is -0.246. The van der Waals surface area contributed by atoms with E-state index in [1.165, 1.54) is 6.20 Å². The van der Waals surface area contributed by atoms with Gasteiger partial charge in [-0.1, -0.05) is 70.1 Å². The van der Waals surface area contributed by atoms with Crippen LogP contribution in [0.15, 0.2) is 47.5 Å². The van der Waals surface area contributed by atoms with Crippen molar-refractivity contribution >= 4 is 75.6 Å². The van der Waals surface area contributed by atoms with Gasteiger partial charge in [-0.15, -0.1) is 0 Å². The molecule has 0 fully saturated rings. The minimum atomic E-state index is -4.64. The van der Waals surface area contributed by atoms with Crippen molar-refractivity contribution in [2.75, 3.05) is 5.32 Å². The van der Waals surface area contributed by atoms with Crippen LogP contribution >= 0.6 is 69.8 Å². The van der Waals surface area contributed by atoms with E-state index >= 15 is 0 Å². The number of nitrogens with zero attached hydrogens (tertiary/aromatic N) is 2. The zero-order valence-electron chi connectivity index (χ0n) is 15.0. The lowest BCUT2D eigenvalue weighted by molar-refractivity contribution is -0.137. The summed E-state index contributed by atoms with van der Waals surface area (Å²) < 4.78 is 51.5. The summed E-state index contributed by atoms with van der Waals surface area (Å²) >= 11 is 29.4. The van der Waals surface area contributed by atoms with Gasteiger partial charge in [-0.3, -0.25) is 0 Å². The molecule has 0 radical (unpaired) electrons. The molecule has 2 aromatic carbocycles. The Hall–Kier alpha value is -1.03. The topological polar surface area (TPSA) is 29.9 Å². The maximum absolute atomic E-state index is 13.9. The van der Waals surface area contributed by atoms with Crippen molar-refractivity contribution in [2.45, 2.75) is 21.5 Å². The first-order valence-electron chi connectivity index (χ1n) is 8.24. The van der Waals surface area contributed by atoms with Crippen LogP contribution in [0.1, 0.15) is 11.1 Å². The second-order valence-electron chi connectivity index (χ2n) is 6.08. The predicted octanol–water partition coefficient (Wildman–Crippen LogP) is 8.61. The Morgan fingerprint density at radius 1 is 0.968 bits per heavy atom. The first kappa shape index (κ1) is 24.6. The van der Waals surface area contributed by atoms with E-state index < -0.39 is 15.7 Å². The molecule has 0 aliphatic heterocycles. The Morgan fingerprint density at radius 3 is 2.06 bits per heavy atom. The number of rotatable bonds is 6. The Morgan fingerprint density at radius 2 is 1.55 bits per heavy atom. The first-order valence-corrected chi connectivity index (χ1v) is 10.9. The van der Waals surface area contributed by atoms with Gasteiger partial charge < -0.3 is 5.32 Å². The average Bonchev–Trinajstić information content (AvgIpc) is 3.00. The molecule has 0 aliphatic carbocycles. The van der Waals surface area contributed by atoms with Crippen molar-refractivity contribution in [3.63, 3.8) is 0 Å². The predicted molar refractivity (Wildman–Crippen MR) is 119 cm³/mol. The van der Waals surface area contributed by atoms with Crippen LogP contribution in [0.4, 0.5) is 23.4 Å². The Kier molecular flexibility index (Phi) is 7.50. The lowest BCUT2D eigenvalue weighted by atomic mass is 10.2. The van der Waals surface area contributed by atoms with Gasteiger partial charge in [0.1, 0.15) is 11.5 Å². The number of benzene rings is 2. The van der Waals surface area contributed by atoms with Crippen molar-refractivity contribution in [2.24, 2.45) is 0 Å². The fraction of sp³-hybridized carbons (Fsp3) is 0.167. The zero-order chi connectivity index (χ0) is 23.0. The maximum Gasteiger partial charge on any atom is 0.416 e. The van der Waals surface area contributed by atoms with Gasteiger partial charge in [0.2, 0.25) is 0 Å². The van der Waals surface area contributed by atoms with Gasteiger partial charge in [-0.2, -0.15) is 22.7 Å².